The van der Waals surface area contributed by atoms with Gasteiger partial charge in [0.15, 0.2) is 0 Å². The monoisotopic (exact) mass is 269 g/mol. The maximum Gasteiger partial charge on any atom is 0.267 e. The number of aryl methyl sites for hydroxylation is 1. The molecule has 0 aliphatic carbocycles. The van der Waals surface area contributed by atoms with Crippen molar-refractivity contribution < 1.29 is 4.99 Å². The first-order valence-corrected chi connectivity index (χ1v) is 7.30. The zero-order valence-electron chi connectivity index (χ0n) is 11.9. The van der Waals surface area contributed by atoms with Gasteiger partial charge < -0.3 is 4.98 Å². The predicted octanol–water partition coefficient (Wildman–Crippen LogP) is 1.45. The van der Waals surface area contributed by atoms with Crippen LogP contribution in [-0.2, 0) is 0 Å². The van der Waals surface area contributed by atoms with E-state index in [2.05, 4.69) is 45.6 Å². The number of hydrazone groups is 1. The van der Waals surface area contributed by atoms with E-state index >= 15 is 0 Å². The van der Waals surface area contributed by atoms with E-state index in [0.29, 0.717) is 0 Å². The van der Waals surface area contributed by atoms with Gasteiger partial charge in [-0.15, -0.1) is 0 Å². The molecule has 3 N–H and O–H groups in total. The van der Waals surface area contributed by atoms with E-state index in [1.54, 1.807) is 0 Å². The number of hydrogen-bond donors (Lipinski definition) is 3. The lowest BCUT2D eigenvalue weighted by molar-refractivity contribution is -0.459. The lowest BCUT2D eigenvalue weighted by atomic mass is 10.1. The minimum absolute atomic E-state index is 1.05. The van der Waals surface area contributed by atoms with Crippen molar-refractivity contribution in [3.05, 3.63) is 35.5 Å². The van der Waals surface area contributed by atoms with Gasteiger partial charge in [0.1, 0.15) is 0 Å². The number of fused-ring (bicyclic) bond motifs is 1. The molecule has 4 nitrogen and oxygen atoms in total. The Balaban J connectivity index is 1.77. The van der Waals surface area contributed by atoms with Crippen molar-refractivity contribution in [1.82, 2.24) is 10.4 Å². The van der Waals surface area contributed by atoms with Crippen LogP contribution in [0, 0.1) is 6.92 Å². The average Bonchev–Trinajstić information content (AvgIpc) is 2.65. The van der Waals surface area contributed by atoms with Gasteiger partial charge in [-0.1, -0.05) is 23.3 Å². The number of aromatic amines is 1. The standard InChI is InChI=1S/C16H20N4/c1-12-14(13-7-4-5-8-15(13)19-12)11-18-20-16-9-3-2-6-10-17-16/h4-5,7-8,11,19H,2-3,6,9-10H2,1H3,(H,17,20)/p+1. The van der Waals surface area contributed by atoms with Crippen LogP contribution in [0.15, 0.2) is 29.4 Å². The van der Waals surface area contributed by atoms with Crippen LogP contribution in [0.2, 0.25) is 0 Å². The molecule has 2 heterocycles. The first kappa shape index (κ1) is 12.9. The largest absolute Gasteiger partial charge is 0.358 e. The molecule has 0 atom stereocenters. The molecule has 4 heteroatoms. The summed E-state index contributed by atoms with van der Waals surface area (Å²) in [6.45, 7) is 3.13. The van der Waals surface area contributed by atoms with Crippen LogP contribution < -0.4 is 10.4 Å². The van der Waals surface area contributed by atoms with Crippen molar-refractivity contribution in [3.63, 3.8) is 0 Å². The maximum absolute atomic E-state index is 4.40. The third kappa shape index (κ3) is 2.74. The highest BCUT2D eigenvalue weighted by Crippen LogP contribution is 2.19. The highest BCUT2D eigenvalue weighted by atomic mass is 15.3. The van der Waals surface area contributed by atoms with Gasteiger partial charge in [-0.25, -0.2) is 0 Å². The summed E-state index contributed by atoms with van der Waals surface area (Å²) in [5.74, 6) is 1.14. The number of nitrogens with one attached hydrogen (secondary N) is 3. The quantitative estimate of drug-likeness (QED) is 0.561. The minimum Gasteiger partial charge on any atom is -0.358 e. The van der Waals surface area contributed by atoms with Gasteiger partial charge in [0.25, 0.3) is 5.84 Å². The SMILES string of the molecule is Cc1[nH]c2ccccc2c1C=NNC1=[NH+]CCCCC1. The average molecular weight is 269 g/mol. The van der Waals surface area contributed by atoms with Gasteiger partial charge >= 0.3 is 0 Å². The second kappa shape index (κ2) is 5.90. The molecule has 2 aromatic rings. The number of nitrogens with zero attached hydrogens (tertiary/aromatic N) is 1. The van der Waals surface area contributed by atoms with Crippen LogP contribution in [0.25, 0.3) is 10.9 Å². The summed E-state index contributed by atoms with van der Waals surface area (Å²) >= 11 is 0. The molecule has 104 valence electrons. The summed E-state index contributed by atoms with van der Waals surface area (Å²) in [6, 6.07) is 8.32. The molecule has 0 saturated carbocycles. The second-order valence-electron chi connectivity index (χ2n) is 5.30. The fourth-order valence-corrected chi connectivity index (χ4v) is 2.67. The lowest BCUT2D eigenvalue weighted by Crippen LogP contribution is -2.75. The number of benzene rings is 1. The van der Waals surface area contributed by atoms with Crippen molar-refractivity contribution in [2.24, 2.45) is 5.10 Å². The summed E-state index contributed by atoms with van der Waals surface area (Å²) in [7, 11) is 0. The molecule has 0 spiro atoms. The zero-order chi connectivity index (χ0) is 13.8. The van der Waals surface area contributed by atoms with Crippen molar-refractivity contribution in [3.8, 4) is 0 Å². The number of H-pyrrole nitrogens is 1. The van der Waals surface area contributed by atoms with Crippen LogP contribution in [-0.4, -0.2) is 23.6 Å². The van der Waals surface area contributed by atoms with Gasteiger partial charge in [0.05, 0.1) is 19.2 Å². The number of amidine groups is 1. The fourth-order valence-electron chi connectivity index (χ4n) is 2.67. The smallest absolute Gasteiger partial charge is 0.267 e. The van der Waals surface area contributed by atoms with Gasteiger partial charge in [-0.3, -0.25) is 4.99 Å². The van der Waals surface area contributed by atoms with Crippen molar-refractivity contribution in [2.75, 3.05) is 6.54 Å². The highest BCUT2D eigenvalue weighted by Gasteiger charge is 2.09. The lowest BCUT2D eigenvalue weighted by Gasteiger charge is -1.95. The van der Waals surface area contributed by atoms with Crippen molar-refractivity contribution >= 4 is 23.0 Å². The maximum atomic E-state index is 4.40. The summed E-state index contributed by atoms with van der Waals surface area (Å²) in [5, 5.41) is 5.61. The molecular formula is C16H21N4+. The number of hydrogen-bond acceptors (Lipinski definition) is 2. The van der Waals surface area contributed by atoms with Crippen molar-refractivity contribution in [2.45, 2.75) is 32.6 Å². The van der Waals surface area contributed by atoms with E-state index in [0.717, 1.165) is 35.6 Å². The van der Waals surface area contributed by atoms with Gasteiger partial charge in [-0.2, -0.15) is 5.43 Å². The summed E-state index contributed by atoms with van der Waals surface area (Å²) in [5.41, 5.74) is 6.62. The Morgan fingerprint density at radius 1 is 1.25 bits per heavy atom. The first-order valence-electron chi connectivity index (χ1n) is 7.30. The van der Waals surface area contributed by atoms with Crippen LogP contribution in [0.5, 0.6) is 0 Å². The molecule has 0 unspecified atom stereocenters. The second-order valence-corrected chi connectivity index (χ2v) is 5.30. The van der Waals surface area contributed by atoms with E-state index in [9.17, 15) is 0 Å². The zero-order valence-corrected chi connectivity index (χ0v) is 11.9. The molecule has 1 aromatic carbocycles. The number of aromatic nitrogens is 1. The predicted molar refractivity (Wildman–Crippen MR) is 83.1 cm³/mol. The van der Waals surface area contributed by atoms with E-state index in [-0.39, 0.29) is 0 Å². The van der Waals surface area contributed by atoms with E-state index in [1.165, 1.54) is 24.6 Å². The number of para-hydroxylation sites is 1. The normalized spacial score (nSPS) is 16.4. The summed E-state index contributed by atoms with van der Waals surface area (Å²) in [6.07, 6.45) is 6.74. The Labute approximate surface area is 119 Å². The van der Waals surface area contributed by atoms with E-state index in [1.807, 2.05) is 12.3 Å². The molecule has 0 radical (unpaired) electrons. The van der Waals surface area contributed by atoms with Crippen molar-refractivity contribution in [1.29, 1.82) is 0 Å². The topological polar surface area (TPSA) is 54.1 Å². The molecule has 1 aliphatic heterocycles. The third-order valence-electron chi connectivity index (χ3n) is 3.78. The first-order chi connectivity index (χ1) is 9.84. The van der Waals surface area contributed by atoms with E-state index < -0.39 is 0 Å². The number of rotatable bonds is 2. The van der Waals surface area contributed by atoms with Crippen LogP contribution in [0.1, 0.15) is 36.9 Å². The molecule has 1 aliphatic rings. The van der Waals surface area contributed by atoms with Gasteiger partial charge in [0, 0.05) is 22.2 Å². The van der Waals surface area contributed by atoms with E-state index in [4.69, 9.17) is 0 Å². The Bertz CT molecular complexity index is 652. The molecular weight excluding hydrogens is 248 g/mol. The molecule has 0 amide bonds. The van der Waals surface area contributed by atoms with Crippen LogP contribution >= 0.6 is 0 Å². The third-order valence-corrected chi connectivity index (χ3v) is 3.78. The summed E-state index contributed by atoms with van der Waals surface area (Å²) in [4.78, 5) is 6.78. The van der Waals surface area contributed by atoms with Gasteiger partial charge in [-0.05, 0) is 32.3 Å². The van der Waals surface area contributed by atoms with Crippen LogP contribution in [0.3, 0.4) is 0 Å². The summed E-state index contributed by atoms with van der Waals surface area (Å²) < 4.78 is 0. The Hall–Kier alpha value is -2.10. The van der Waals surface area contributed by atoms with Gasteiger partial charge in [0.2, 0.25) is 0 Å². The Kier molecular flexibility index (Phi) is 3.81. The molecule has 0 bridgehead atoms. The Morgan fingerprint density at radius 2 is 2.15 bits per heavy atom. The minimum atomic E-state index is 1.05. The molecule has 0 saturated heterocycles. The fraction of sp³-hybridized carbons (Fsp3) is 0.375. The molecule has 20 heavy (non-hydrogen) atoms. The Morgan fingerprint density at radius 3 is 3.10 bits per heavy atom. The molecule has 1 aromatic heterocycles. The highest BCUT2D eigenvalue weighted by molar-refractivity contribution is 6.00. The molecule has 3 rings (SSSR count). The molecule has 0 fully saturated rings. The van der Waals surface area contributed by atoms with Crippen LogP contribution in [0.4, 0.5) is 0 Å².